The molecule has 0 amide bonds. The lowest BCUT2D eigenvalue weighted by Gasteiger charge is -2.05. The van der Waals surface area contributed by atoms with Crippen LogP contribution in [0.15, 0.2) is 42.6 Å². The van der Waals surface area contributed by atoms with E-state index in [0.717, 1.165) is 11.3 Å². The van der Waals surface area contributed by atoms with Gasteiger partial charge >= 0.3 is 0 Å². The van der Waals surface area contributed by atoms with Crippen LogP contribution in [0.3, 0.4) is 0 Å². The summed E-state index contributed by atoms with van der Waals surface area (Å²) in [6.07, 6.45) is 1.61. The van der Waals surface area contributed by atoms with Crippen molar-refractivity contribution in [3.05, 3.63) is 48.4 Å². The summed E-state index contributed by atoms with van der Waals surface area (Å²) >= 11 is 0. The summed E-state index contributed by atoms with van der Waals surface area (Å²) in [6, 6.07) is 9.81. The molecule has 0 aliphatic carbocycles. The Balaban J connectivity index is 2.14. The number of nitrogens with zero attached hydrogens (tertiary/aromatic N) is 1. The summed E-state index contributed by atoms with van der Waals surface area (Å²) in [5.41, 5.74) is 1.64. The molecule has 1 aromatic heterocycles. The summed E-state index contributed by atoms with van der Waals surface area (Å²) in [4.78, 5) is 4.23. The van der Waals surface area contributed by atoms with E-state index in [1.165, 1.54) is 12.1 Å². The van der Waals surface area contributed by atoms with Crippen LogP contribution in [0, 0.1) is 5.82 Å². The summed E-state index contributed by atoms with van der Waals surface area (Å²) in [7, 11) is 1.56. The van der Waals surface area contributed by atoms with Gasteiger partial charge in [-0.1, -0.05) is 0 Å². The molecule has 0 spiro atoms. The molecule has 1 heterocycles. The number of aromatic nitrogens is 1. The van der Waals surface area contributed by atoms with E-state index in [-0.39, 0.29) is 12.6 Å². The summed E-state index contributed by atoms with van der Waals surface area (Å²) < 4.78 is 22.8. The highest BCUT2D eigenvalue weighted by Gasteiger charge is 2.00. The number of rotatable bonds is 4. The zero-order valence-electron chi connectivity index (χ0n) is 9.39. The number of methoxy groups -OCH3 is 1. The van der Waals surface area contributed by atoms with Crippen molar-refractivity contribution in [3.8, 4) is 17.0 Å². The van der Waals surface area contributed by atoms with Gasteiger partial charge in [-0.15, -0.1) is 0 Å². The lowest BCUT2D eigenvalue weighted by molar-refractivity contribution is 0.0509. The third-order valence-corrected chi connectivity index (χ3v) is 2.22. The van der Waals surface area contributed by atoms with Crippen molar-refractivity contribution in [2.75, 3.05) is 13.9 Å². The molecule has 0 fully saturated rings. The molecule has 0 unspecified atom stereocenters. The third kappa shape index (κ3) is 3.01. The van der Waals surface area contributed by atoms with Crippen LogP contribution in [-0.4, -0.2) is 18.9 Å². The molecule has 17 heavy (non-hydrogen) atoms. The number of hydrogen-bond acceptors (Lipinski definition) is 3. The fourth-order valence-corrected chi connectivity index (χ4v) is 1.38. The smallest absolute Gasteiger partial charge is 0.188 e. The van der Waals surface area contributed by atoms with E-state index in [1.54, 1.807) is 31.5 Å². The second kappa shape index (κ2) is 5.41. The molecule has 0 atom stereocenters. The fourth-order valence-electron chi connectivity index (χ4n) is 1.38. The van der Waals surface area contributed by atoms with Gasteiger partial charge in [0.1, 0.15) is 11.6 Å². The molecule has 0 aliphatic heterocycles. The predicted octanol–water partition coefficient (Wildman–Crippen LogP) is 2.87. The number of hydrogen-bond donors (Lipinski definition) is 0. The van der Waals surface area contributed by atoms with Crippen LogP contribution in [0.2, 0.25) is 0 Å². The molecule has 4 heteroatoms. The van der Waals surface area contributed by atoms with E-state index in [0.29, 0.717) is 5.75 Å². The van der Waals surface area contributed by atoms with Gasteiger partial charge < -0.3 is 9.47 Å². The van der Waals surface area contributed by atoms with Crippen molar-refractivity contribution in [2.45, 2.75) is 0 Å². The molecule has 0 saturated carbocycles. The van der Waals surface area contributed by atoms with Gasteiger partial charge in [0.25, 0.3) is 0 Å². The maximum absolute atomic E-state index is 12.8. The predicted molar refractivity (Wildman–Crippen MR) is 62.1 cm³/mol. The molecule has 88 valence electrons. The minimum Gasteiger partial charge on any atom is -0.466 e. The molecule has 2 aromatic rings. The topological polar surface area (TPSA) is 31.4 Å². The maximum atomic E-state index is 12.8. The Morgan fingerprint density at radius 3 is 2.47 bits per heavy atom. The van der Waals surface area contributed by atoms with Gasteiger partial charge in [0.2, 0.25) is 0 Å². The minimum absolute atomic E-state index is 0.192. The maximum Gasteiger partial charge on any atom is 0.188 e. The van der Waals surface area contributed by atoms with Crippen molar-refractivity contribution in [2.24, 2.45) is 0 Å². The van der Waals surface area contributed by atoms with Crippen molar-refractivity contribution in [1.82, 2.24) is 4.98 Å². The third-order valence-electron chi connectivity index (χ3n) is 2.22. The second-order valence-electron chi connectivity index (χ2n) is 3.44. The Kier molecular flexibility index (Phi) is 3.67. The minimum atomic E-state index is -0.256. The fraction of sp³-hybridized carbons (Fsp3) is 0.154. The van der Waals surface area contributed by atoms with Crippen molar-refractivity contribution in [1.29, 1.82) is 0 Å². The Bertz CT molecular complexity index is 468. The average molecular weight is 233 g/mol. The van der Waals surface area contributed by atoms with Crippen LogP contribution in [0.1, 0.15) is 0 Å². The van der Waals surface area contributed by atoms with Crippen LogP contribution < -0.4 is 4.74 Å². The molecule has 0 radical (unpaired) electrons. The highest BCUT2D eigenvalue weighted by Crippen LogP contribution is 2.19. The van der Waals surface area contributed by atoms with E-state index in [4.69, 9.17) is 9.47 Å². The first-order valence-corrected chi connectivity index (χ1v) is 5.13. The van der Waals surface area contributed by atoms with Crippen molar-refractivity contribution >= 4 is 0 Å². The lowest BCUT2D eigenvalue weighted by atomic mass is 10.1. The van der Waals surface area contributed by atoms with Crippen LogP contribution in [-0.2, 0) is 4.74 Å². The first-order chi connectivity index (χ1) is 8.29. The quantitative estimate of drug-likeness (QED) is 0.761. The second-order valence-corrected chi connectivity index (χ2v) is 3.44. The van der Waals surface area contributed by atoms with E-state index in [2.05, 4.69) is 4.98 Å². The normalized spacial score (nSPS) is 10.2. The van der Waals surface area contributed by atoms with Crippen molar-refractivity contribution < 1.29 is 13.9 Å². The Morgan fingerprint density at radius 2 is 1.88 bits per heavy atom. The van der Waals surface area contributed by atoms with Crippen molar-refractivity contribution in [3.63, 3.8) is 0 Å². The SMILES string of the molecule is COCOc1ccc(-c2ccc(F)cc2)nc1. The number of benzene rings is 1. The zero-order chi connectivity index (χ0) is 12.1. The molecule has 0 N–H and O–H groups in total. The van der Waals surface area contributed by atoms with Crippen LogP contribution in [0.25, 0.3) is 11.3 Å². The van der Waals surface area contributed by atoms with Gasteiger partial charge in [0.05, 0.1) is 11.9 Å². The first kappa shape index (κ1) is 11.5. The average Bonchev–Trinajstić information content (AvgIpc) is 2.38. The van der Waals surface area contributed by atoms with Crippen LogP contribution in [0.4, 0.5) is 4.39 Å². The zero-order valence-corrected chi connectivity index (χ0v) is 9.39. The molecule has 0 bridgehead atoms. The first-order valence-electron chi connectivity index (χ1n) is 5.13. The monoisotopic (exact) mass is 233 g/mol. The van der Waals surface area contributed by atoms with Gasteiger partial charge in [0, 0.05) is 12.7 Å². The highest BCUT2D eigenvalue weighted by molar-refractivity contribution is 5.59. The number of pyridine rings is 1. The molecule has 1 aromatic carbocycles. The Labute approximate surface area is 98.8 Å². The molecule has 0 saturated heterocycles. The van der Waals surface area contributed by atoms with Gasteiger partial charge in [-0.3, -0.25) is 4.98 Å². The van der Waals surface area contributed by atoms with E-state index >= 15 is 0 Å². The van der Waals surface area contributed by atoms with E-state index in [9.17, 15) is 4.39 Å². The number of ether oxygens (including phenoxy) is 2. The summed E-state index contributed by atoms with van der Waals surface area (Å²) in [6.45, 7) is 0.192. The summed E-state index contributed by atoms with van der Waals surface area (Å²) in [5.74, 6) is 0.381. The molecule has 3 nitrogen and oxygen atoms in total. The van der Waals surface area contributed by atoms with Gasteiger partial charge in [0.15, 0.2) is 6.79 Å². The van der Waals surface area contributed by atoms with Crippen LogP contribution in [0.5, 0.6) is 5.75 Å². The molecular weight excluding hydrogens is 221 g/mol. The van der Waals surface area contributed by atoms with Gasteiger partial charge in [-0.25, -0.2) is 4.39 Å². The highest BCUT2D eigenvalue weighted by atomic mass is 19.1. The number of halogens is 1. The largest absolute Gasteiger partial charge is 0.466 e. The molecule has 0 aliphatic rings. The van der Waals surface area contributed by atoms with Gasteiger partial charge in [-0.2, -0.15) is 0 Å². The van der Waals surface area contributed by atoms with E-state index in [1.807, 2.05) is 6.07 Å². The van der Waals surface area contributed by atoms with Gasteiger partial charge in [-0.05, 0) is 36.4 Å². The van der Waals surface area contributed by atoms with E-state index < -0.39 is 0 Å². The Hall–Kier alpha value is -1.94. The molecular formula is C13H12FNO2. The molecule has 2 rings (SSSR count). The Morgan fingerprint density at radius 1 is 1.12 bits per heavy atom. The van der Waals surface area contributed by atoms with Crippen LogP contribution >= 0.6 is 0 Å². The lowest BCUT2D eigenvalue weighted by Crippen LogP contribution is -1.99. The standard InChI is InChI=1S/C13H12FNO2/c1-16-9-17-12-6-7-13(15-8-12)10-2-4-11(14)5-3-10/h2-8H,9H2,1H3. The summed E-state index contributed by atoms with van der Waals surface area (Å²) in [5, 5.41) is 0.